The van der Waals surface area contributed by atoms with Crippen LogP contribution in [0, 0.1) is 0 Å². The molecule has 98 valence electrons. The summed E-state index contributed by atoms with van der Waals surface area (Å²) in [5.74, 6) is 1.95. The van der Waals surface area contributed by atoms with Gasteiger partial charge in [-0.15, -0.1) is 0 Å². The number of fused-ring (bicyclic) bond motifs is 3. The van der Waals surface area contributed by atoms with Gasteiger partial charge in [0, 0.05) is 17.0 Å². The third-order valence-corrected chi connectivity index (χ3v) is 3.30. The molecule has 0 atom stereocenters. The number of aromatic nitrogens is 1. The third kappa shape index (κ3) is 1.60. The summed E-state index contributed by atoms with van der Waals surface area (Å²) in [6.45, 7) is 0. The lowest BCUT2D eigenvalue weighted by Crippen LogP contribution is -1.95. The molecule has 0 aliphatic rings. The van der Waals surface area contributed by atoms with Gasteiger partial charge in [0.15, 0.2) is 11.5 Å². The number of H-pyrrole nitrogens is 1. The number of nitrogens with one attached hydrogen (secondary N) is 1. The maximum absolute atomic E-state index is 5.53. The Hall–Kier alpha value is -2.36. The number of benzene rings is 2. The zero-order valence-corrected chi connectivity index (χ0v) is 11.1. The lowest BCUT2D eigenvalue weighted by molar-refractivity contribution is 0.327. The van der Waals surface area contributed by atoms with Crippen molar-refractivity contribution in [3.63, 3.8) is 0 Å². The molecule has 0 radical (unpaired) electrons. The predicted octanol–water partition coefficient (Wildman–Crippen LogP) is 3.35. The Balaban J connectivity index is 2.51. The summed E-state index contributed by atoms with van der Waals surface area (Å²) < 4.78 is 16.3. The Kier molecular flexibility index (Phi) is 2.71. The van der Waals surface area contributed by atoms with E-state index in [0.29, 0.717) is 17.2 Å². The molecule has 0 unspecified atom stereocenters. The number of aromatic amines is 1. The maximum atomic E-state index is 5.53. The number of para-hydroxylation sites is 1. The van der Waals surface area contributed by atoms with Crippen molar-refractivity contribution in [1.82, 2.24) is 4.98 Å². The van der Waals surface area contributed by atoms with Crippen LogP contribution in [0.25, 0.3) is 21.8 Å². The Bertz CT molecular complexity index is 746. The molecule has 0 fully saturated rings. The number of hydrogen-bond donors (Lipinski definition) is 1. The molecule has 4 nitrogen and oxygen atoms in total. The Morgan fingerprint density at radius 1 is 0.842 bits per heavy atom. The van der Waals surface area contributed by atoms with Crippen molar-refractivity contribution in [3.05, 3.63) is 30.3 Å². The summed E-state index contributed by atoms with van der Waals surface area (Å²) >= 11 is 0. The molecule has 3 aromatic rings. The third-order valence-electron chi connectivity index (χ3n) is 3.30. The first-order valence-corrected chi connectivity index (χ1v) is 5.99. The first kappa shape index (κ1) is 11.7. The average Bonchev–Trinajstić information content (AvgIpc) is 2.83. The fourth-order valence-electron chi connectivity index (χ4n) is 2.48. The summed E-state index contributed by atoms with van der Waals surface area (Å²) in [5.41, 5.74) is 2.03. The molecule has 0 spiro atoms. The lowest BCUT2D eigenvalue weighted by Gasteiger charge is -2.13. The fraction of sp³-hybridized carbons (Fsp3) is 0.200. The van der Waals surface area contributed by atoms with Gasteiger partial charge < -0.3 is 19.2 Å². The predicted molar refractivity (Wildman–Crippen MR) is 75.5 cm³/mol. The molecule has 0 saturated carbocycles. The second kappa shape index (κ2) is 4.39. The summed E-state index contributed by atoms with van der Waals surface area (Å²) in [6, 6.07) is 10.0. The van der Waals surface area contributed by atoms with Crippen molar-refractivity contribution < 1.29 is 14.2 Å². The molecule has 1 aromatic heterocycles. The quantitative estimate of drug-likeness (QED) is 0.782. The lowest BCUT2D eigenvalue weighted by atomic mass is 10.1. The van der Waals surface area contributed by atoms with Crippen LogP contribution in [-0.2, 0) is 0 Å². The van der Waals surface area contributed by atoms with E-state index < -0.39 is 0 Å². The van der Waals surface area contributed by atoms with Crippen LogP contribution in [0.4, 0.5) is 0 Å². The van der Waals surface area contributed by atoms with Gasteiger partial charge in [-0.2, -0.15) is 0 Å². The van der Waals surface area contributed by atoms with Crippen molar-refractivity contribution in [1.29, 1.82) is 0 Å². The molecule has 0 amide bonds. The zero-order chi connectivity index (χ0) is 13.4. The van der Waals surface area contributed by atoms with Crippen LogP contribution >= 0.6 is 0 Å². The van der Waals surface area contributed by atoms with Crippen LogP contribution < -0.4 is 14.2 Å². The highest BCUT2D eigenvalue weighted by atomic mass is 16.5. The average molecular weight is 257 g/mol. The second-order valence-electron chi connectivity index (χ2n) is 4.24. The van der Waals surface area contributed by atoms with E-state index in [-0.39, 0.29) is 0 Å². The van der Waals surface area contributed by atoms with Crippen LogP contribution in [0.2, 0.25) is 0 Å². The van der Waals surface area contributed by atoms with Gasteiger partial charge in [-0.25, -0.2) is 0 Å². The van der Waals surface area contributed by atoms with E-state index in [1.54, 1.807) is 21.3 Å². The smallest absolute Gasteiger partial charge is 0.204 e. The molecule has 2 aromatic carbocycles. The van der Waals surface area contributed by atoms with E-state index in [1.807, 2.05) is 24.3 Å². The molecule has 0 aliphatic heterocycles. The highest BCUT2D eigenvalue weighted by molar-refractivity contribution is 6.12. The molecular weight excluding hydrogens is 242 g/mol. The minimum absolute atomic E-state index is 0.613. The summed E-state index contributed by atoms with van der Waals surface area (Å²) in [5, 5.41) is 2.12. The molecule has 4 heteroatoms. The highest BCUT2D eigenvalue weighted by Crippen LogP contribution is 2.45. The van der Waals surface area contributed by atoms with Crippen molar-refractivity contribution in [2.45, 2.75) is 0 Å². The number of hydrogen-bond acceptors (Lipinski definition) is 3. The molecule has 0 bridgehead atoms. The normalized spacial score (nSPS) is 10.9. The molecule has 0 aliphatic carbocycles. The Labute approximate surface area is 110 Å². The van der Waals surface area contributed by atoms with Gasteiger partial charge in [0.2, 0.25) is 5.75 Å². The van der Waals surface area contributed by atoms with Gasteiger partial charge in [-0.1, -0.05) is 18.2 Å². The van der Waals surface area contributed by atoms with E-state index >= 15 is 0 Å². The molecule has 1 N–H and O–H groups in total. The van der Waals surface area contributed by atoms with Gasteiger partial charge >= 0.3 is 0 Å². The van der Waals surface area contributed by atoms with Gasteiger partial charge in [-0.05, 0) is 6.07 Å². The van der Waals surface area contributed by atoms with Crippen LogP contribution in [0.5, 0.6) is 17.2 Å². The first-order valence-electron chi connectivity index (χ1n) is 5.99. The second-order valence-corrected chi connectivity index (χ2v) is 4.24. The SMILES string of the molecule is COc1cc2[nH]c3ccccc3c2c(OC)c1OC. The highest BCUT2D eigenvalue weighted by Gasteiger charge is 2.19. The van der Waals surface area contributed by atoms with Crippen LogP contribution in [0.3, 0.4) is 0 Å². The number of methoxy groups -OCH3 is 3. The zero-order valence-electron chi connectivity index (χ0n) is 11.1. The van der Waals surface area contributed by atoms with Gasteiger partial charge in [0.05, 0.1) is 32.2 Å². The summed E-state index contributed by atoms with van der Waals surface area (Å²) in [7, 11) is 4.87. The summed E-state index contributed by atoms with van der Waals surface area (Å²) in [4.78, 5) is 3.36. The monoisotopic (exact) mass is 257 g/mol. The van der Waals surface area contributed by atoms with Gasteiger partial charge in [0.25, 0.3) is 0 Å². The minimum atomic E-state index is 0.613. The maximum Gasteiger partial charge on any atom is 0.204 e. The number of ether oxygens (including phenoxy) is 3. The Morgan fingerprint density at radius 3 is 2.26 bits per heavy atom. The first-order chi connectivity index (χ1) is 9.30. The fourth-order valence-corrected chi connectivity index (χ4v) is 2.48. The van der Waals surface area contributed by atoms with E-state index in [1.165, 1.54) is 0 Å². The van der Waals surface area contributed by atoms with Crippen LogP contribution in [-0.4, -0.2) is 26.3 Å². The number of rotatable bonds is 3. The molecule has 0 saturated heterocycles. The Morgan fingerprint density at radius 2 is 1.58 bits per heavy atom. The van der Waals surface area contributed by atoms with E-state index in [4.69, 9.17) is 14.2 Å². The van der Waals surface area contributed by atoms with Crippen LogP contribution in [0.1, 0.15) is 0 Å². The molecular formula is C15H15NO3. The van der Waals surface area contributed by atoms with Crippen molar-refractivity contribution in [2.75, 3.05) is 21.3 Å². The molecule has 19 heavy (non-hydrogen) atoms. The standard InChI is InChI=1S/C15H15NO3/c1-17-12-8-11-13(15(19-3)14(12)18-2)9-6-4-5-7-10(9)16-11/h4-8,16H,1-3H3. The van der Waals surface area contributed by atoms with Crippen molar-refractivity contribution in [3.8, 4) is 17.2 Å². The molecule has 3 rings (SSSR count). The van der Waals surface area contributed by atoms with E-state index in [0.717, 1.165) is 21.8 Å². The topological polar surface area (TPSA) is 43.5 Å². The van der Waals surface area contributed by atoms with E-state index in [9.17, 15) is 0 Å². The van der Waals surface area contributed by atoms with Crippen molar-refractivity contribution in [2.24, 2.45) is 0 Å². The minimum Gasteiger partial charge on any atom is -0.493 e. The van der Waals surface area contributed by atoms with E-state index in [2.05, 4.69) is 11.1 Å². The van der Waals surface area contributed by atoms with Crippen molar-refractivity contribution >= 4 is 21.8 Å². The van der Waals surface area contributed by atoms with Gasteiger partial charge in [-0.3, -0.25) is 0 Å². The molecule has 1 heterocycles. The van der Waals surface area contributed by atoms with Gasteiger partial charge in [0.1, 0.15) is 0 Å². The summed E-state index contributed by atoms with van der Waals surface area (Å²) in [6.07, 6.45) is 0. The largest absolute Gasteiger partial charge is 0.493 e. The van der Waals surface area contributed by atoms with Crippen LogP contribution in [0.15, 0.2) is 30.3 Å².